The normalized spacial score (nSPS) is 10.7. The fraction of sp³-hybridized carbons (Fsp3) is 0.188. The predicted octanol–water partition coefficient (Wildman–Crippen LogP) is 3.62. The minimum atomic E-state index is -0.476. The first-order valence-electron chi connectivity index (χ1n) is 7.08. The number of carbonyl (C=O) groups is 1. The smallest absolute Gasteiger partial charge is 0.358 e. The number of anilines is 1. The first kappa shape index (κ1) is 15.4. The highest BCUT2D eigenvalue weighted by Crippen LogP contribution is 2.24. The number of rotatable bonds is 5. The Kier molecular flexibility index (Phi) is 4.47. The molecule has 0 unspecified atom stereocenters. The monoisotopic (exact) mass is 331 g/mol. The average molecular weight is 331 g/mol. The summed E-state index contributed by atoms with van der Waals surface area (Å²) in [5, 5.41) is 4.86. The highest BCUT2D eigenvalue weighted by Gasteiger charge is 2.17. The molecule has 0 bridgehead atoms. The maximum atomic E-state index is 13.2. The molecular formula is C16H14FN3O2S. The molecular weight excluding hydrogens is 317 g/mol. The van der Waals surface area contributed by atoms with E-state index in [1.807, 2.05) is 11.4 Å². The summed E-state index contributed by atoms with van der Waals surface area (Å²) in [7, 11) is 0. The van der Waals surface area contributed by atoms with E-state index in [-0.39, 0.29) is 18.1 Å². The van der Waals surface area contributed by atoms with Crippen molar-refractivity contribution in [1.82, 2.24) is 9.97 Å². The minimum Gasteiger partial charge on any atom is -0.461 e. The lowest BCUT2D eigenvalue weighted by Gasteiger charge is -2.08. The third-order valence-electron chi connectivity index (χ3n) is 3.11. The van der Waals surface area contributed by atoms with Crippen LogP contribution in [0.3, 0.4) is 0 Å². The molecule has 0 aliphatic heterocycles. The van der Waals surface area contributed by atoms with Gasteiger partial charge in [-0.25, -0.2) is 19.2 Å². The molecule has 23 heavy (non-hydrogen) atoms. The van der Waals surface area contributed by atoms with Gasteiger partial charge in [-0.3, -0.25) is 0 Å². The largest absolute Gasteiger partial charge is 0.461 e. The van der Waals surface area contributed by atoms with Gasteiger partial charge in [-0.2, -0.15) is 0 Å². The van der Waals surface area contributed by atoms with Crippen molar-refractivity contribution in [2.24, 2.45) is 0 Å². The number of nitrogens with zero attached hydrogens (tertiary/aromatic N) is 2. The lowest BCUT2D eigenvalue weighted by molar-refractivity contribution is 0.0522. The molecule has 0 aliphatic carbocycles. The Morgan fingerprint density at radius 1 is 1.35 bits per heavy atom. The number of hydrogen-bond donors (Lipinski definition) is 1. The zero-order chi connectivity index (χ0) is 16.2. The van der Waals surface area contributed by atoms with Gasteiger partial charge < -0.3 is 10.1 Å². The maximum Gasteiger partial charge on any atom is 0.358 e. The Hall–Kier alpha value is -2.54. The van der Waals surface area contributed by atoms with E-state index in [1.54, 1.807) is 19.1 Å². The molecule has 0 aliphatic rings. The third-order valence-corrected chi connectivity index (χ3v) is 4.02. The number of halogens is 1. The molecule has 0 radical (unpaired) electrons. The summed E-state index contributed by atoms with van der Waals surface area (Å²) in [6.07, 6.45) is 0. The molecule has 2 aromatic heterocycles. The van der Waals surface area contributed by atoms with Gasteiger partial charge in [0.15, 0.2) is 5.69 Å². The van der Waals surface area contributed by atoms with Crippen molar-refractivity contribution in [3.63, 3.8) is 0 Å². The van der Waals surface area contributed by atoms with Crippen molar-refractivity contribution < 1.29 is 13.9 Å². The Morgan fingerprint density at radius 2 is 2.22 bits per heavy atom. The van der Waals surface area contributed by atoms with Crippen molar-refractivity contribution >= 4 is 33.5 Å². The maximum absolute atomic E-state index is 13.2. The van der Waals surface area contributed by atoms with Crippen LogP contribution < -0.4 is 5.32 Å². The highest BCUT2D eigenvalue weighted by molar-refractivity contribution is 7.17. The molecule has 118 valence electrons. The third kappa shape index (κ3) is 3.45. The topological polar surface area (TPSA) is 64.1 Å². The van der Waals surface area contributed by atoms with E-state index in [4.69, 9.17) is 4.74 Å². The van der Waals surface area contributed by atoms with Crippen LogP contribution in [-0.4, -0.2) is 22.5 Å². The van der Waals surface area contributed by atoms with Crippen LogP contribution in [0, 0.1) is 5.82 Å². The molecule has 0 fully saturated rings. The first-order chi connectivity index (χ1) is 11.2. The van der Waals surface area contributed by atoms with Gasteiger partial charge in [0.05, 0.1) is 16.8 Å². The fourth-order valence-corrected chi connectivity index (χ4v) is 2.92. The number of hydrogen-bond acceptors (Lipinski definition) is 6. The van der Waals surface area contributed by atoms with E-state index in [9.17, 15) is 9.18 Å². The summed E-state index contributed by atoms with van der Waals surface area (Å²) in [6, 6.07) is 8.07. The van der Waals surface area contributed by atoms with Gasteiger partial charge in [0, 0.05) is 6.54 Å². The molecule has 0 saturated heterocycles. The number of fused-ring (bicyclic) bond motifs is 1. The van der Waals surface area contributed by atoms with Gasteiger partial charge in [0.2, 0.25) is 5.95 Å². The number of carbonyl (C=O) groups excluding carboxylic acids is 1. The molecule has 1 aromatic carbocycles. The summed E-state index contributed by atoms with van der Waals surface area (Å²) >= 11 is 1.39. The van der Waals surface area contributed by atoms with E-state index in [0.29, 0.717) is 22.7 Å². The summed E-state index contributed by atoms with van der Waals surface area (Å²) in [5.74, 6) is -0.468. The Labute approximate surface area is 136 Å². The molecule has 0 saturated carbocycles. The summed E-state index contributed by atoms with van der Waals surface area (Å²) in [5.41, 5.74) is 1.68. The molecule has 2 heterocycles. The Balaban J connectivity index is 1.87. The van der Waals surface area contributed by atoms with Crippen LogP contribution in [0.2, 0.25) is 0 Å². The Bertz CT molecular complexity index is 850. The van der Waals surface area contributed by atoms with Crippen molar-refractivity contribution in [3.8, 4) is 0 Å². The van der Waals surface area contributed by atoms with Gasteiger partial charge in [0.1, 0.15) is 5.82 Å². The lowest BCUT2D eigenvalue weighted by Crippen LogP contribution is -2.11. The molecule has 5 nitrogen and oxygen atoms in total. The van der Waals surface area contributed by atoms with Crippen LogP contribution in [0.15, 0.2) is 35.7 Å². The zero-order valence-electron chi connectivity index (χ0n) is 12.4. The SMILES string of the molecule is CCOC(=O)c1nc(NCc2cccc(F)c2)nc2ccsc12. The molecule has 0 amide bonds. The van der Waals surface area contributed by atoms with Crippen molar-refractivity contribution in [1.29, 1.82) is 0 Å². The van der Waals surface area contributed by atoms with Gasteiger partial charge in [-0.1, -0.05) is 12.1 Å². The Morgan fingerprint density at radius 3 is 3.00 bits per heavy atom. The van der Waals surface area contributed by atoms with Crippen molar-refractivity contribution in [2.75, 3.05) is 11.9 Å². The fourth-order valence-electron chi connectivity index (χ4n) is 2.11. The molecule has 0 spiro atoms. The van der Waals surface area contributed by atoms with Crippen molar-refractivity contribution in [3.05, 3.63) is 52.8 Å². The van der Waals surface area contributed by atoms with E-state index in [0.717, 1.165) is 5.56 Å². The summed E-state index contributed by atoms with van der Waals surface area (Å²) in [6.45, 7) is 2.38. The van der Waals surface area contributed by atoms with Crippen LogP contribution in [0.4, 0.5) is 10.3 Å². The van der Waals surface area contributed by atoms with Gasteiger partial charge in [-0.15, -0.1) is 11.3 Å². The number of nitrogens with one attached hydrogen (secondary N) is 1. The highest BCUT2D eigenvalue weighted by atomic mass is 32.1. The summed E-state index contributed by atoms with van der Waals surface area (Å²) < 4.78 is 18.9. The zero-order valence-corrected chi connectivity index (χ0v) is 13.2. The van der Waals surface area contributed by atoms with Crippen LogP contribution in [-0.2, 0) is 11.3 Å². The number of thiophene rings is 1. The van der Waals surface area contributed by atoms with Gasteiger partial charge in [0.25, 0.3) is 0 Å². The number of esters is 1. The quantitative estimate of drug-likeness (QED) is 0.724. The predicted molar refractivity (Wildman–Crippen MR) is 87.1 cm³/mol. The molecule has 3 aromatic rings. The second-order valence-corrected chi connectivity index (χ2v) is 5.65. The molecule has 0 atom stereocenters. The van der Waals surface area contributed by atoms with Gasteiger partial charge in [-0.05, 0) is 36.1 Å². The van der Waals surface area contributed by atoms with E-state index in [1.165, 1.54) is 23.5 Å². The van der Waals surface area contributed by atoms with Crippen LogP contribution in [0.25, 0.3) is 10.2 Å². The second kappa shape index (κ2) is 6.70. The lowest BCUT2D eigenvalue weighted by atomic mass is 10.2. The summed E-state index contributed by atoms with van der Waals surface area (Å²) in [4.78, 5) is 20.7. The molecule has 7 heteroatoms. The van der Waals surface area contributed by atoms with Gasteiger partial charge >= 0.3 is 5.97 Å². The average Bonchev–Trinajstić information content (AvgIpc) is 3.01. The number of ether oxygens (including phenoxy) is 1. The van der Waals surface area contributed by atoms with E-state index < -0.39 is 5.97 Å². The molecule has 3 rings (SSSR count). The first-order valence-corrected chi connectivity index (χ1v) is 7.96. The second-order valence-electron chi connectivity index (χ2n) is 4.73. The molecule has 1 N–H and O–H groups in total. The van der Waals surface area contributed by atoms with Crippen LogP contribution >= 0.6 is 11.3 Å². The van der Waals surface area contributed by atoms with E-state index >= 15 is 0 Å². The number of aromatic nitrogens is 2. The minimum absolute atomic E-state index is 0.244. The standard InChI is InChI=1S/C16H14FN3O2S/c1-2-22-15(21)13-14-12(6-7-23-14)19-16(20-13)18-9-10-4-3-5-11(17)8-10/h3-8H,2,9H2,1H3,(H,18,19,20). The van der Waals surface area contributed by atoms with E-state index in [2.05, 4.69) is 15.3 Å². The van der Waals surface area contributed by atoms with Crippen LogP contribution in [0.1, 0.15) is 23.0 Å². The number of benzene rings is 1. The van der Waals surface area contributed by atoms with Crippen molar-refractivity contribution in [2.45, 2.75) is 13.5 Å². The van der Waals surface area contributed by atoms with Crippen LogP contribution in [0.5, 0.6) is 0 Å².